The van der Waals surface area contributed by atoms with Crippen LogP contribution in [0.15, 0.2) is 30.3 Å². The number of rotatable bonds is 5. The van der Waals surface area contributed by atoms with Gasteiger partial charge in [-0.15, -0.1) is 0 Å². The lowest BCUT2D eigenvalue weighted by Gasteiger charge is -2.21. The van der Waals surface area contributed by atoms with Crippen molar-refractivity contribution in [3.63, 3.8) is 0 Å². The molecule has 1 N–H and O–H groups in total. The van der Waals surface area contributed by atoms with Crippen LogP contribution in [0.1, 0.15) is 29.3 Å². The molecule has 2 rings (SSSR count). The van der Waals surface area contributed by atoms with Crippen molar-refractivity contribution in [3.8, 4) is 0 Å². The van der Waals surface area contributed by atoms with Crippen LogP contribution in [0, 0.1) is 20.8 Å². The summed E-state index contributed by atoms with van der Waals surface area (Å²) in [6.07, 6.45) is 0. The van der Waals surface area contributed by atoms with Crippen LogP contribution in [-0.2, 0) is 6.54 Å². The van der Waals surface area contributed by atoms with Gasteiger partial charge in [0.1, 0.15) is 5.82 Å². The maximum atomic E-state index is 4.68. The minimum absolute atomic E-state index is 0.882. The Balaban J connectivity index is 2.33. The average molecular weight is 283 g/mol. The lowest BCUT2D eigenvalue weighted by atomic mass is 10.1. The van der Waals surface area contributed by atoms with Gasteiger partial charge < -0.3 is 10.2 Å². The van der Waals surface area contributed by atoms with E-state index < -0.39 is 0 Å². The van der Waals surface area contributed by atoms with Crippen molar-refractivity contribution in [2.45, 2.75) is 34.2 Å². The Kier molecular flexibility index (Phi) is 4.97. The van der Waals surface area contributed by atoms with Crippen molar-refractivity contribution in [2.24, 2.45) is 0 Å². The Labute approximate surface area is 128 Å². The van der Waals surface area contributed by atoms with E-state index in [1.807, 2.05) is 6.92 Å². The summed E-state index contributed by atoms with van der Waals surface area (Å²) >= 11 is 0. The van der Waals surface area contributed by atoms with E-state index in [2.05, 4.69) is 73.4 Å². The van der Waals surface area contributed by atoms with Gasteiger partial charge in [0.05, 0.1) is 0 Å². The first-order valence-electron chi connectivity index (χ1n) is 7.50. The number of pyridine rings is 1. The average Bonchev–Trinajstić information content (AvgIpc) is 2.42. The molecule has 0 saturated heterocycles. The van der Waals surface area contributed by atoms with Crippen LogP contribution in [0.3, 0.4) is 0 Å². The van der Waals surface area contributed by atoms with Crippen LogP contribution in [0.2, 0.25) is 0 Å². The number of aryl methyl sites for hydroxylation is 3. The van der Waals surface area contributed by atoms with Crippen molar-refractivity contribution < 1.29 is 0 Å². The van der Waals surface area contributed by atoms with E-state index in [4.69, 9.17) is 0 Å². The zero-order valence-corrected chi connectivity index (χ0v) is 13.7. The summed E-state index contributed by atoms with van der Waals surface area (Å²) in [5.74, 6) is 0.993. The number of nitrogens with one attached hydrogen (secondary N) is 1. The second-order valence-electron chi connectivity index (χ2n) is 5.66. The van der Waals surface area contributed by atoms with Gasteiger partial charge in [0, 0.05) is 25.0 Å². The molecule has 2 aromatic rings. The highest BCUT2D eigenvalue weighted by Crippen LogP contribution is 2.25. The molecule has 0 amide bonds. The number of nitrogens with zero attached hydrogens (tertiary/aromatic N) is 2. The molecule has 1 aromatic heterocycles. The van der Waals surface area contributed by atoms with E-state index in [0.29, 0.717) is 0 Å². The summed E-state index contributed by atoms with van der Waals surface area (Å²) < 4.78 is 0. The molecule has 0 aliphatic heterocycles. The molecule has 0 spiro atoms. The van der Waals surface area contributed by atoms with E-state index in [1.54, 1.807) is 0 Å². The number of aromatic nitrogens is 1. The maximum Gasteiger partial charge on any atom is 0.133 e. The standard InChI is InChI=1S/C18H25N3/c1-6-19-12-16-10-15(4)20-18(11-16)21(5)17-8-13(2)7-14(3)9-17/h7-11,19H,6,12H2,1-5H3. The van der Waals surface area contributed by atoms with Crippen molar-refractivity contribution in [2.75, 3.05) is 18.5 Å². The molecule has 0 saturated carbocycles. The highest BCUT2D eigenvalue weighted by atomic mass is 15.2. The van der Waals surface area contributed by atoms with Crippen LogP contribution < -0.4 is 10.2 Å². The van der Waals surface area contributed by atoms with Gasteiger partial charge in [0.2, 0.25) is 0 Å². The van der Waals surface area contributed by atoms with E-state index in [-0.39, 0.29) is 0 Å². The number of hydrogen-bond donors (Lipinski definition) is 1. The fourth-order valence-corrected chi connectivity index (χ4v) is 2.54. The fourth-order valence-electron chi connectivity index (χ4n) is 2.54. The predicted molar refractivity (Wildman–Crippen MR) is 90.3 cm³/mol. The molecule has 112 valence electrons. The number of benzene rings is 1. The first kappa shape index (κ1) is 15.5. The second-order valence-corrected chi connectivity index (χ2v) is 5.66. The largest absolute Gasteiger partial charge is 0.329 e. The van der Waals surface area contributed by atoms with E-state index in [0.717, 1.165) is 24.6 Å². The lowest BCUT2D eigenvalue weighted by molar-refractivity contribution is 0.725. The molecule has 1 aromatic carbocycles. The third-order valence-electron chi connectivity index (χ3n) is 3.52. The van der Waals surface area contributed by atoms with E-state index >= 15 is 0 Å². The zero-order valence-electron chi connectivity index (χ0n) is 13.7. The van der Waals surface area contributed by atoms with Gasteiger partial charge in [0.25, 0.3) is 0 Å². The Morgan fingerprint density at radius 3 is 2.29 bits per heavy atom. The van der Waals surface area contributed by atoms with Crippen molar-refractivity contribution in [3.05, 3.63) is 52.7 Å². The van der Waals surface area contributed by atoms with Crippen molar-refractivity contribution in [1.29, 1.82) is 0 Å². The molecule has 0 bridgehead atoms. The quantitative estimate of drug-likeness (QED) is 0.902. The Bertz CT molecular complexity index is 600. The molecule has 1 heterocycles. The summed E-state index contributed by atoms with van der Waals surface area (Å²) in [6, 6.07) is 10.9. The van der Waals surface area contributed by atoms with Gasteiger partial charge in [-0.05, 0) is 68.3 Å². The zero-order chi connectivity index (χ0) is 15.4. The smallest absolute Gasteiger partial charge is 0.133 e. The predicted octanol–water partition coefficient (Wildman–Crippen LogP) is 3.88. The highest BCUT2D eigenvalue weighted by molar-refractivity contribution is 5.61. The Morgan fingerprint density at radius 1 is 1.00 bits per heavy atom. The van der Waals surface area contributed by atoms with Crippen LogP contribution in [0.5, 0.6) is 0 Å². The third kappa shape index (κ3) is 4.05. The summed E-state index contributed by atoms with van der Waals surface area (Å²) in [5, 5.41) is 3.37. The van der Waals surface area contributed by atoms with E-state index in [1.165, 1.54) is 22.4 Å². The Morgan fingerprint density at radius 2 is 1.67 bits per heavy atom. The third-order valence-corrected chi connectivity index (χ3v) is 3.52. The normalized spacial score (nSPS) is 10.7. The minimum Gasteiger partial charge on any atom is -0.329 e. The van der Waals surface area contributed by atoms with Gasteiger partial charge in [-0.1, -0.05) is 13.0 Å². The minimum atomic E-state index is 0.882. The molecule has 0 unspecified atom stereocenters. The van der Waals surface area contributed by atoms with Gasteiger partial charge in [0.15, 0.2) is 0 Å². The fraction of sp³-hybridized carbons (Fsp3) is 0.389. The van der Waals surface area contributed by atoms with Crippen molar-refractivity contribution >= 4 is 11.5 Å². The van der Waals surface area contributed by atoms with Crippen LogP contribution in [-0.4, -0.2) is 18.6 Å². The number of hydrogen-bond acceptors (Lipinski definition) is 3. The molecular formula is C18H25N3. The summed E-state index contributed by atoms with van der Waals surface area (Å²) in [6.45, 7) is 10.3. The van der Waals surface area contributed by atoms with Crippen LogP contribution in [0.4, 0.5) is 11.5 Å². The number of anilines is 2. The summed E-state index contributed by atoms with van der Waals surface area (Å²) in [7, 11) is 2.08. The summed E-state index contributed by atoms with van der Waals surface area (Å²) in [4.78, 5) is 6.83. The van der Waals surface area contributed by atoms with E-state index in [9.17, 15) is 0 Å². The van der Waals surface area contributed by atoms with Crippen LogP contribution >= 0.6 is 0 Å². The van der Waals surface area contributed by atoms with Gasteiger partial charge in [-0.25, -0.2) is 4.98 Å². The molecule has 0 aliphatic rings. The topological polar surface area (TPSA) is 28.2 Å². The van der Waals surface area contributed by atoms with Gasteiger partial charge >= 0.3 is 0 Å². The second kappa shape index (κ2) is 6.72. The molecule has 0 radical (unpaired) electrons. The monoisotopic (exact) mass is 283 g/mol. The molecular weight excluding hydrogens is 258 g/mol. The molecule has 0 fully saturated rings. The lowest BCUT2D eigenvalue weighted by Crippen LogP contribution is -2.15. The van der Waals surface area contributed by atoms with Crippen LogP contribution in [0.25, 0.3) is 0 Å². The van der Waals surface area contributed by atoms with Gasteiger partial charge in [-0.3, -0.25) is 0 Å². The van der Waals surface area contributed by atoms with Crippen molar-refractivity contribution in [1.82, 2.24) is 10.3 Å². The molecule has 3 heteroatoms. The SMILES string of the molecule is CCNCc1cc(C)nc(N(C)c2cc(C)cc(C)c2)c1. The first-order chi connectivity index (χ1) is 9.99. The highest BCUT2D eigenvalue weighted by Gasteiger charge is 2.08. The summed E-state index contributed by atoms with van der Waals surface area (Å²) in [5.41, 5.74) is 6.06. The molecule has 21 heavy (non-hydrogen) atoms. The molecule has 0 aliphatic carbocycles. The maximum absolute atomic E-state index is 4.68. The van der Waals surface area contributed by atoms with Gasteiger partial charge in [-0.2, -0.15) is 0 Å². The first-order valence-corrected chi connectivity index (χ1v) is 7.50. The molecule has 3 nitrogen and oxygen atoms in total. The molecule has 0 atom stereocenters. The Hall–Kier alpha value is -1.87.